The first-order valence-corrected chi connectivity index (χ1v) is 23.8. The predicted octanol–water partition coefficient (Wildman–Crippen LogP) is 11.4. The van der Waals surface area contributed by atoms with Crippen LogP contribution in [0.1, 0.15) is 0 Å². The first-order valence-electron chi connectivity index (χ1n) is 20.4. The van der Waals surface area contributed by atoms with Gasteiger partial charge in [0.1, 0.15) is 5.65 Å². The summed E-state index contributed by atoms with van der Waals surface area (Å²) in [6.45, 7) is 0. The van der Waals surface area contributed by atoms with Gasteiger partial charge in [-0.2, -0.15) is 0 Å². The number of hydrogen-bond acceptors (Lipinski definition) is 3. The molecule has 0 aliphatic rings. The van der Waals surface area contributed by atoms with E-state index >= 15 is 9.13 Å². The zero-order valence-electron chi connectivity index (χ0n) is 33.0. The molecule has 2 aromatic heterocycles. The molecule has 0 N–H and O–H groups in total. The molecule has 0 unspecified atom stereocenters. The van der Waals surface area contributed by atoms with Gasteiger partial charge >= 0.3 is 0 Å². The molecule has 0 aliphatic carbocycles. The lowest BCUT2D eigenvalue weighted by atomic mass is 9.97. The molecular weight excluding hydrogens is 783 g/mol. The van der Waals surface area contributed by atoms with Crippen LogP contribution in [0, 0.1) is 0 Å². The fourth-order valence-corrected chi connectivity index (χ4v) is 14.2. The first kappa shape index (κ1) is 36.9. The Bertz CT molecular complexity index is 3410. The van der Waals surface area contributed by atoms with E-state index in [4.69, 9.17) is 4.98 Å². The summed E-state index contributed by atoms with van der Waals surface area (Å²) in [6, 6.07) is 77.2. The summed E-state index contributed by atoms with van der Waals surface area (Å²) in [5, 5.41) is 8.10. The van der Waals surface area contributed by atoms with Gasteiger partial charge in [0.2, 0.25) is 0 Å². The van der Waals surface area contributed by atoms with Crippen molar-refractivity contribution in [1.82, 2.24) is 9.38 Å². The van der Waals surface area contributed by atoms with E-state index in [9.17, 15) is 0 Å². The van der Waals surface area contributed by atoms with Gasteiger partial charge in [0.15, 0.2) is 14.3 Å². The molecule has 0 saturated heterocycles. The highest BCUT2D eigenvalue weighted by Crippen LogP contribution is 2.44. The van der Waals surface area contributed by atoms with Crippen molar-refractivity contribution >= 4 is 84.5 Å². The largest absolute Gasteiger partial charge is 0.309 e. The van der Waals surface area contributed by atoms with E-state index in [-0.39, 0.29) is 0 Å². The third-order valence-corrected chi connectivity index (χ3v) is 18.1. The number of nitrogens with zero attached hydrogens (tertiary/aromatic N) is 2. The summed E-state index contributed by atoms with van der Waals surface area (Å²) in [4.78, 5) is 5.16. The quantitative estimate of drug-likeness (QED) is 0.113. The first-order chi connectivity index (χ1) is 30.0. The number of rotatable bonds is 8. The average Bonchev–Trinajstić information content (AvgIpc) is 3.74. The van der Waals surface area contributed by atoms with E-state index in [0.29, 0.717) is 0 Å². The van der Waals surface area contributed by atoms with Gasteiger partial charge in [-0.3, -0.25) is 4.40 Å². The van der Waals surface area contributed by atoms with Crippen molar-refractivity contribution in [3.05, 3.63) is 231 Å². The summed E-state index contributed by atoms with van der Waals surface area (Å²) in [5.74, 6) is 0. The fourth-order valence-electron chi connectivity index (χ4n) is 8.89. The maximum absolute atomic E-state index is 15.1. The van der Waals surface area contributed by atoms with Crippen LogP contribution in [-0.2, 0) is 9.13 Å². The van der Waals surface area contributed by atoms with E-state index in [2.05, 4.69) is 83.3 Å². The van der Waals surface area contributed by atoms with E-state index in [0.717, 1.165) is 92.4 Å². The van der Waals surface area contributed by atoms with Crippen LogP contribution in [0.3, 0.4) is 0 Å². The van der Waals surface area contributed by atoms with Gasteiger partial charge in [0.25, 0.3) is 0 Å². The Balaban J connectivity index is 1.05. The smallest absolute Gasteiger partial charge is 0.171 e. The average molecular weight is 821 g/mol. The number of benzene rings is 9. The zero-order chi connectivity index (χ0) is 41.0. The Morgan fingerprint density at radius 2 is 0.689 bits per heavy atom. The molecule has 0 saturated carbocycles. The Labute approximate surface area is 354 Å². The second-order valence-electron chi connectivity index (χ2n) is 15.4. The van der Waals surface area contributed by atoms with Gasteiger partial charge < -0.3 is 9.13 Å². The summed E-state index contributed by atoms with van der Waals surface area (Å²) in [7, 11) is -6.22. The fraction of sp³-hybridized carbons (Fsp3) is 0. The number of pyridine rings is 1. The van der Waals surface area contributed by atoms with E-state index < -0.39 is 14.3 Å². The molecule has 290 valence electrons. The molecule has 0 radical (unpaired) electrons. The van der Waals surface area contributed by atoms with Crippen LogP contribution < -0.4 is 31.8 Å². The summed E-state index contributed by atoms with van der Waals surface area (Å²) in [6.07, 6.45) is 0. The summed E-state index contributed by atoms with van der Waals surface area (Å²) >= 11 is 0. The normalized spacial score (nSPS) is 12.1. The summed E-state index contributed by atoms with van der Waals surface area (Å²) < 4.78 is 32.5. The highest BCUT2D eigenvalue weighted by molar-refractivity contribution is 7.85. The highest BCUT2D eigenvalue weighted by Gasteiger charge is 2.31. The molecule has 0 fully saturated rings. The molecule has 11 rings (SSSR count). The standard InChI is InChI=1S/C55H38N2O2P2/c58-60(43-15-5-1-6-16-43,44-17-7-2-8-18-44)47-31-25-39(26-32-47)41-29-35-49-50(37-41)51-38-42(30-36-53(51)57-54-24-14-13-23-52(54)56-55(49)57)40-27-33-48(34-28-40)61(59,45-19-9-3-10-20-45)46-21-11-4-12-22-46/h1-38H. The van der Waals surface area contributed by atoms with Crippen molar-refractivity contribution in [1.29, 1.82) is 0 Å². The Hall–Kier alpha value is -7.09. The molecule has 6 heteroatoms. The molecule has 61 heavy (non-hydrogen) atoms. The minimum atomic E-state index is -3.11. The third kappa shape index (κ3) is 6.10. The number of fused-ring (bicyclic) bond motifs is 8. The predicted molar refractivity (Wildman–Crippen MR) is 257 cm³/mol. The lowest BCUT2D eigenvalue weighted by Gasteiger charge is -2.20. The lowest BCUT2D eigenvalue weighted by molar-refractivity contribution is 0.591. The SMILES string of the molecule is O=P(c1ccccc1)(c1ccccc1)c1ccc(-c2ccc3c(c2)c2cc(-c4ccc(P(=O)(c5ccccc5)c5ccccc5)cc4)ccc2n2c4ccccc4nc32)cc1. The Morgan fingerprint density at radius 1 is 0.311 bits per heavy atom. The van der Waals surface area contributed by atoms with Crippen molar-refractivity contribution < 1.29 is 9.13 Å². The monoisotopic (exact) mass is 820 g/mol. The van der Waals surface area contributed by atoms with E-state index in [1.54, 1.807) is 0 Å². The number of hydrogen-bond donors (Lipinski definition) is 0. The van der Waals surface area contributed by atoms with Gasteiger partial charge in [0, 0.05) is 42.6 Å². The molecule has 9 aromatic carbocycles. The molecule has 0 spiro atoms. The Kier molecular flexibility index (Phi) is 9.01. The molecule has 0 aliphatic heterocycles. The van der Waals surface area contributed by atoms with E-state index in [1.165, 1.54) is 0 Å². The van der Waals surface area contributed by atoms with Gasteiger partial charge in [-0.1, -0.05) is 194 Å². The van der Waals surface area contributed by atoms with Crippen LogP contribution in [-0.4, -0.2) is 9.38 Å². The third-order valence-electron chi connectivity index (χ3n) is 12.0. The number of para-hydroxylation sites is 2. The minimum Gasteiger partial charge on any atom is -0.309 e. The molecular formula is C55H38N2O2P2. The van der Waals surface area contributed by atoms with Gasteiger partial charge in [-0.15, -0.1) is 0 Å². The molecule has 0 bridgehead atoms. The Morgan fingerprint density at radius 3 is 1.16 bits per heavy atom. The maximum atomic E-state index is 15.1. The van der Waals surface area contributed by atoms with Crippen molar-refractivity contribution in [3.8, 4) is 22.3 Å². The summed E-state index contributed by atoms with van der Waals surface area (Å²) in [5.41, 5.74) is 8.16. The van der Waals surface area contributed by atoms with E-state index in [1.807, 2.05) is 152 Å². The van der Waals surface area contributed by atoms with Gasteiger partial charge in [-0.05, 0) is 64.0 Å². The second-order valence-corrected chi connectivity index (χ2v) is 20.9. The maximum Gasteiger partial charge on any atom is 0.171 e. The van der Waals surface area contributed by atoms with Crippen molar-refractivity contribution in [2.75, 3.05) is 0 Å². The molecule has 2 heterocycles. The van der Waals surface area contributed by atoms with Gasteiger partial charge in [-0.25, -0.2) is 4.98 Å². The molecule has 0 amide bonds. The topological polar surface area (TPSA) is 51.4 Å². The molecule has 0 atom stereocenters. The second kappa shape index (κ2) is 14.9. The molecule has 4 nitrogen and oxygen atoms in total. The van der Waals surface area contributed by atoms with Crippen LogP contribution in [0.25, 0.3) is 60.6 Å². The minimum absolute atomic E-state index is 0.797. The van der Waals surface area contributed by atoms with Gasteiger partial charge in [0.05, 0.1) is 16.6 Å². The van der Waals surface area contributed by atoms with Crippen molar-refractivity contribution in [2.45, 2.75) is 0 Å². The number of aromatic nitrogens is 2. The van der Waals surface area contributed by atoms with Crippen LogP contribution in [0.4, 0.5) is 0 Å². The van der Waals surface area contributed by atoms with Crippen LogP contribution >= 0.6 is 14.3 Å². The van der Waals surface area contributed by atoms with Crippen molar-refractivity contribution in [2.24, 2.45) is 0 Å². The molecule has 11 aromatic rings. The van der Waals surface area contributed by atoms with Crippen molar-refractivity contribution in [3.63, 3.8) is 0 Å². The zero-order valence-corrected chi connectivity index (χ0v) is 34.8. The van der Waals surface area contributed by atoms with Crippen LogP contribution in [0.5, 0.6) is 0 Å². The van der Waals surface area contributed by atoms with Crippen LogP contribution in [0.2, 0.25) is 0 Å². The number of imidazole rings is 1. The van der Waals surface area contributed by atoms with Crippen LogP contribution in [0.15, 0.2) is 231 Å². The highest BCUT2D eigenvalue weighted by atomic mass is 31.2. The lowest BCUT2D eigenvalue weighted by Crippen LogP contribution is -2.24.